The third kappa shape index (κ3) is 4.33. The zero-order valence-corrected chi connectivity index (χ0v) is 18.2. The van der Waals surface area contributed by atoms with Gasteiger partial charge in [-0.2, -0.15) is 0 Å². The number of rotatable bonds is 8. The second-order valence-corrected chi connectivity index (χ2v) is 7.52. The van der Waals surface area contributed by atoms with Gasteiger partial charge in [-0.1, -0.05) is 44.2 Å². The number of nitrogens with one attached hydrogen (secondary N) is 1. The van der Waals surface area contributed by atoms with Gasteiger partial charge in [-0.3, -0.25) is 9.59 Å². The topological polar surface area (TPSA) is 61.9 Å². The Morgan fingerprint density at radius 1 is 1.10 bits per heavy atom. The minimum atomic E-state index is -0.478. The van der Waals surface area contributed by atoms with Gasteiger partial charge in [0.05, 0.1) is 19.1 Å². The van der Waals surface area contributed by atoms with Gasteiger partial charge in [-0.15, -0.1) is 0 Å². The van der Waals surface area contributed by atoms with Crippen molar-refractivity contribution in [3.05, 3.63) is 65.2 Å². The zero-order valence-electron chi connectivity index (χ0n) is 18.2. The summed E-state index contributed by atoms with van der Waals surface area (Å²) in [4.78, 5) is 30.4. The Labute approximate surface area is 178 Å². The molecule has 0 radical (unpaired) electrons. The van der Waals surface area contributed by atoms with E-state index in [1.54, 1.807) is 25.1 Å². The number of nitrogens with zero attached hydrogens (tertiary/aromatic N) is 2. The minimum Gasteiger partial charge on any atom is -0.497 e. The molecule has 2 aromatic carbocycles. The van der Waals surface area contributed by atoms with E-state index in [4.69, 9.17) is 4.74 Å². The molecule has 1 aliphatic heterocycles. The molecule has 2 atom stereocenters. The number of hydrogen-bond donors (Lipinski definition) is 1. The maximum Gasteiger partial charge on any atom is 0.254 e. The molecule has 160 valence electrons. The van der Waals surface area contributed by atoms with Crippen LogP contribution in [-0.2, 0) is 4.79 Å². The summed E-state index contributed by atoms with van der Waals surface area (Å²) in [5.74, 6) is 0.131. The van der Waals surface area contributed by atoms with E-state index in [1.807, 2.05) is 42.5 Å². The summed E-state index contributed by atoms with van der Waals surface area (Å²) in [6.45, 7) is 7.50. The molecule has 0 saturated carbocycles. The Morgan fingerprint density at radius 2 is 1.77 bits per heavy atom. The van der Waals surface area contributed by atoms with Crippen molar-refractivity contribution in [3.63, 3.8) is 0 Å². The van der Waals surface area contributed by atoms with Gasteiger partial charge in [0.2, 0.25) is 5.91 Å². The van der Waals surface area contributed by atoms with Crippen LogP contribution < -0.4 is 10.1 Å². The number of hydrogen-bond acceptors (Lipinski definition) is 4. The average molecular weight is 410 g/mol. The molecule has 30 heavy (non-hydrogen) atoms. The van der Waals surface area contributed by atoms with Crippen LogP contribution in [0.5, 0.6) is 5.75 Å². The van der Waals surface area contributed by atoms with E-state index >= 15 is 0 Å². The summed E-state index contributed by atoms with van der Waals surface area (Å²) in [6.07, 6.45) is 0. The lowest BCUT2D eigenvalue weighted by Crippen LogP contribution is -2.46. The van der Waals surface area contributed by atoms with Crippen LogP contribution in [0.15, 0.2) is 48.5 Å². The highest BCUT2D eigenvalue weighted by molar-refractivity contribution is 6.01. The van der Waals surface area contributed by atoms with E-state index in [1.165, 1.54) is 0 Å². The average Bonchev–Trinajstić information content (AvgIpc) is 2.79. The van der Waals surface area contributed by atoms with Crippen molar-refractivity contribution in [3.8, 4) is 5.75 Å². The maximum absolute atomic E-state index is 13.4. The maximum atomic E-state index is 13.4. The second kappa shape index (κ2) is 9.76. The van der Waals surface area contributed by atoms with Crippen LogP contribution in [0.25, 0.3) is 0 Å². The molecule has 0 saturated heterocycles. The normalized spacial score (nSPS) is 18.3. The van der Waals surface area contributed by atoms with Gasteiger partial charge in [0.25, 0.3) is 5.91 Å². The third-order valence-corrected chi connectivity index (χ3v) is 5.94. The lowest BCUT2D eigenvalue weighted by molar-refractivity contribution is -0.124. The lowest BCUT2D eigenvalue weighted by atomic mass is 9.79. The molecule has 0 spiro atoms. The van der Waals surface area contributed by atoms with Crippen LogP contribution in [0.3, 0.4) is 0 Å². The number of fused-ring (bicyclic) bond motifs is 1. The first-order chi connectivity index (χ1) is 14.5. The summed E-state index contributed by atoms with van der Waals surface area (Å²) >= 11 is 0. The molecule has 2 unspecified atom stereocenters. The Hall–Kier alpha value is -2.86. The summed E-state index contributed by atoms with van der Waals surface area (Å²) < 4.78 is 5.27. The second-order valence-electron chi connectivity index (χ2n) is 7.52. The minimum absolute atomic E-state index is 0.0604. The van der Waals surface area contributed by atoms with Gasteiger partial charge in [0.15, 0.2) is 0 Å². The molecule has 0 fully saturated rings. The third-order valence-electron chi connectivity index (χ3n) is 5.94. The first kappa shape index (κ1) is 21.8. The highest BCUT2D eigenvalue weighted by Gasteiger charge is 2.42. The molecule has 1 heterocycles. The van der Waals surface area contributed by atoms with Crippen molar-refractivity contribution in [2.45, 2.75) is 25.8 Å². The quantitative estimate of drug-likeness (QED) is 0.728. The van der Waals surface area contributed by atoms with Gasteiger partial charge in [0, 0.05) is 25.7 Å². The van der Waals surface area contributed by atoms with Crippen LogP contribution in [0, 0.1) is 0 Å². The standard InChI is InChI=1S/C24H31N3O3/c1-5-27(6-2)16-15-25-23(28)21-19-9-7-8-10-20(19)24(29)26(3)22(21)17-11-13-18(30-4)14-12-17/h7-14,21-22H,5-6,15-16H2,1-4H3,(H,25,28). The fraction of sp³-hybridized carbons (Fsp3) is 0.417. The number of likely N-dealkylation sites (N-methyl/N-ethyl adjacent to an activating group) is 2. The predicted molar refractivity (Wildman–Crippen MR) is 118 cm³/mol. The van der Waals surface area contributed by atoms with E-state index in [0.29, 0.717) is 12.1 Å². The van der Waals surface area contributed by atoms with Crippen molar-refractivity contribution < 1.29 is 14.3 Å². The van der Waals surface area contributed by atoms with Crippen LogP contribution in [0.1, 0.15) is 47.3 Å². The van der Waals surface area contributed by atoms with Crippen LogP contribution in [0.4, 0.5) is 0 Å². The Kier molecular flexibility index (Phi) is 7.11. The first-order valence-electron chi connectivity index (χ1n) is 10.5. The SMILES string of the molecule is CCN(CC)CCNC(=O)C1c2ccccc2C(=O)N(C)C1c1ccc(OC)cc1. The van der Waals surface area contributed by atoms with Crippen molar-refractivity contribution >= 4 is 11.8 Å². The molecule has 3 rings (SSSR count). The van der Waals surface area contributed by atoms with Gasteiger partial charge < -0.3 is 19.9 Å². The van der Waals surface area contributed by atoms with Gasteiger partial charge in [-0.05, 0) is 42.4 Å². The number of ether oxygens (including phenoxy) is 1. The molecule has 1 N–H and O–H groups in total. The molecular formula is C24H31N3O3. The lowest BCUT2D eigenvalue weighted by Gasteiger charge is -2.40. The van der Waals surface area contributed by atoms with Crippen LogP contribution in [-0.4, -0.2) is 62.0 Å². The Balaban J connectivity index is 1.94. The first-order valence-corrected chi connectivity index (χ1v) is 10.5. The number of benzene rings is 2. The highest BCUT2D eigenvalue weighted by Crippen LogP contribution is 2.42. The van der Waals surface area contributed by atoms with Gasteiger partial charge in [0.1, 0.15) is 5.75 Å². The predicted octanol–water partition coefficient (Wildman–Crippen LogP) is 3.06. The van der Waals surface area contributed by atoms with Crippen molar-refractivity contribution in [2.24, 2.45) is 0 Å². The van der Waals surface area contributed by atoms with Crippen LogP contribution >= 0.6 is 0 Å². The molecule has 2 aromatic rings. The van der Waals surface area contributed by atoms with E-state index in [2.05, 4.69) is 24.1 Å². The molecular weight excluding hydrogens is 378 g/mol. The summed E-state index contributed by atoms with van der Waals surface area (Å²) in [5, 5.41) is 3.11. The number of carbonyl (C=O) groups excluding carboxylic acids is 2. The zero-order chi connectivity index (χ0) is 21.7. The molecule has 2 amide bonds. The van der Waals surface area contributed by atoms with Crippen molar-refractivity contribution in [1.29, 1.82) is 0 Å². The smallest absolute Gasteiger partial charge is 0.254 e. The van der Waals surface area contributed by atoms with E-state index in [-0.39, 0.29) is 17.9 Å². The number of methoxy groups -OCH3 is 1. The fourth-order valence-corrected chi connectivity index (χ4v) is 4.16. The summed E-state index contributed by atoms with van der Waals surface area (Å²) in [7, 11) is 3.39. The fourth-order valence-electron chi connectivity index (χ4n) is 4.16. The number of carbonyl (C=O) groups is 2. The highest BCUT2D eigenvalue weighted by atomic mass is 16.5. The molecule has 0 aromatic heterocycles. The van der Waals surface area contributed by atoms with E-state index < -0.39 is 5.92 Å². The van der Waals surface area contributed by atoms with E-state index in [9.17, 15) is 9.59 Å². The molecule has 1 aliphatic rings. The monoisotopic (exact) mass is 409 g/mol. The molecule has 0 aliphatic carbocycles. The summed E-state index contributed by atoms with van der Waals surface area (Å²) in [6, 6.07) is 14.6. The molecule has 6 nitrogen and oxygen atoms in total. The Bertz CT molecular complexity index is 878. The molecule has 6 heteroatoms. The van der Waals surface area contributed by atoms with Crippen molar-refractivity contribution in [2.75, 3.05) is 40.3 Å². The van der Waals surface area contributed by atoms with Crippen LogP contribution in [0.2, 0.25) is 0 Å². The largest absolute Gasteiger partial charge is 0.497 e. The van der Waals surface area contributed by atoms with Crippen molar-refractivity contribution in [1.82, 2.24) is 15.1 Å². The number of amides is 2. The van der Waals surface area contributed by atoms with E-state index in [0.717, 1.165) is 36.5 Å². The summed E-state index contributed by atoms with van der Waals surface area (Å²) in [5.41, 5.74) is 2.28. The Morgan fingerprint density at radius 3 is 2.40 bits per heavy atom. The van der Waals surface area contributed by atoms with Gasteiger partial charge in [-0.25, -0.2) is 0 Å². The molecule has 0 bridgehead atoms. The van der Waals surface area contributed by atoms with Gasteiger partial charge >= 0.3 is 0 Å².